The Hall–Kier alpha value is -0.920. The molecule has 154 valence electrons. The molecule has 0 saturated carbocycles. The van der Waals surface area contributed by atoms with Gasteiger partial charge in [0.2, 0.25) is 0 Å². The summed E-state index contributed by atoms with van der Waals surface area (Å²) in [7, 11) is 0. The van der Waals surface area contributed by atoms with E-state index in [1.165, 1.54) is 22.6 Å². The molecule has 0 amide bonds. The zero-order valence-electron chi connectivity index (χ0n) is 16.3. The molecule has 7 heteroatoms. The number of anilines is 1. The number of thioether (sulfide) groups is 2. The van der Waals surface area contributed by atoms with Crippen LogP contribution in [0.25, 0.3) is 0 Å². The van der Waals surface area contributed by atoms with E-state index in [9.17, 15) is 4.39 Å². The number of hydrogen-bond acceptors (Lipinski definition) is 5. The van der Waals surface area contributed by atoms with E-state index in [0.29, 0.717) is 0 Å². The summed E-state index contributed by atoms with van der Waals surface area (Å²) in [6.45, 7) is 7.04. The summed E-state index contributed by atoms with van der Waals surface area (Å²) >= 11 is 10.8. The molecule has 2 aromatic rings. The average molecular weight is 450 g/mol. The molecule has 0 atom stereocenters. The van der Waals surface area contributed by atoms with Gasteiger partial charge in [-0.15, -0.1) is 23.5 Å². The third kappa shape index (κ3) is 4.02. The summed E-state index contributed by atoms with van der Waals surface area (Å²) in [5.74, 6) is 2.22. The first-order chi connectivity index (χ1) is 14.1. The molecule has 0 aliphatic carbocycles. The van der Waals surface area contributed by atoms with E-state index in [4.69, 9.17) is 11.6 Å². The number of fused-ring (bicyclic) bond motifs is 2. The number of halogens is 2. The molecule has 0 radical (unpaired) electrons. The van der Waals surface area contributed by atoms with Crippen molar-refractivity contribution >= 4 is 40.8 Å². The Balaban J connectivity index is 1.25. The topological polar surface area (TPSA) is 9.72 Å². The van der Waals surface area contributed by atoms with Crippen molar-refractivity contribution in [3.8, 4) is 0 Å². The van der Waals surface area contributed by atoms with Crippen molar-refractivity contribution in [1.29, 1.82) is 0 Å². The minimum absolute atomic E-state index is 0.0852. The molecule has 5 rings (SSSR count). The predicted octanol–water partition coefficient (Wildman–Crippen LogP) is 4.71. The quantitative estimate of drug-likeness (QED) is 0.669. The molecule has 0 unspecified atom stereocenters. The zero-order chi connectivity index (χ0) is 19.8. The van der Waals surface area contributed by atoms with E-state index >= 15 is 0 Å². The molecule has 2 aromatic carbocycles. The Bertz CT molecular complexity index is 865. The van der Waals surface area contributed by atoms with Crippen LogP contribution in [0, 0.1) is 5.82 Å². The first-order valence-electron chi connectivity index (χ1n) is 10.1. The second kappa shape index (κ2) is 8.31. The van der Waals surface area contributed by atoms with Crippen LogP contribution in [0.2, 0.25) is 5.02 Å². The van der Waals surface area contributed by atoms with Crippen molar-refractivity contribution in [3.05, 3.63) is 64.4 Å². The lowest BCUT2D eigenvalue weighted by molar-refractivity contribution is 0.111. The third-order valence-electron chi connectivity index (χ3n) is 6.02. The Morgan fingerprint density at radius 2 is 1.66 bits per heavy atom. The Morgan fingerprint density at radius 1 is 0.931 bits per heavy atom. The van der Waals surface area contributed by atoms with Gasteiger partial charge in [0.1, 0.15) is 9.90 Å². The van der Waals surface area contributed by atoms with E-state index in [0.717, 1.165) is 56.6 Å². The van der Waals surface area contributed by atoms with Crippen molar-refractivity contribution in [2.75, 3.05) is 55.8 Å². The van der Waals surface area contributed by atoms with Crippen LogP contribution >= 0.6 is 35.1 Å². The summed E-state index contributed by atoms with van der Waals surface area (Å²) < 4.78 is 13.3. The molecule has 1 spiro atoms. The van der Waals surface area contributed by atoms with Gasteiger partial charge in [0.05, 0.1) is 6.67 Å². The molecule has 3 nitrogen and oxygen atoms in total. The Morgan fingerprint density at radius 3 is 2.38 bits per heavy atom. The van der Waals surface area contributed by atoms with Crippen LogP contribution in [-0.2, 0) is 10.6 Å². The van der Waals surface area contributed by atoms with Gasteiger partial charge in [0.25, 0.3) is 0 Å². The largest absolute Gasteiger partial charge is 0.369 e. The third-order valence-corrected chi connectivity index (χ3v) is 9.72. The number of rotatable bonds is 3. The lowest BCUT2D eigenvalue weighted by atomic mass is 9.99. The first-order valence-corrected chi connectivity index (χ1v) is 12.5. The molecule has 3 heterocycles. The Labute approximate surface area is 185 Å². The molecule has 2 fully saturated rings. The standard InChI is InChI=1S/C22H25ClFN3S2/c23-20-3-1-2-17-14-26(15-22(21(17)20)28-12-13-29-22)16-25-8-10-27(11-9-25)19-6-4-18(24)5-7-19/h1-7H,8-16H2. The average Bonchev–Trinajstić information content (AvgIpc) is 3.17. The van der Waals surface area contributed by atoms with Crippen molar-refractivity contribution in [2.24, 2.45) is 0 Å². The SMILES string of the molecule is Fc1ccc(N2CCN(CN3Cc4cccc(Cl)c4C4(C3)SCCS4)CC2)cc1. The molecule has 0 bridgehead atoms. The molecule has 29 heavy (non-hydrogen) atoms. The van der Waals surface area contributed by atoms with Crippen molar-refractivity contribution in [1.82, 2.24) is 9.80 Å². The number of piperazine rings is 1. The highest BCUT2D eigenvalue weighted by molar-refractivity contribution is 8.20. The van der Waals surface area contributed by atoms with Gasteiger partial charge in [-0.25, -0.2) is 4.39 Å². The fourth-order valence-electron chi connectivity index (χ4n) is 4.67. The van der Waals surface area contributed by atoms with Gasteiger partial charge in [0.15, 0.2) is 0 Å². The van der Waals surface area contributed by atoms with Crippen LogP contribution in [-0.4, -0.2) is 60.7 Å². The molecule has 3 aliphatic rings. The summed E-state index contributed by atoms with van der Waals surface area (Å²) in [5.41, 5.74) is 3.87. The lowest BCUT2D eigenvalue weighted by Crippen LogP contribution is -2.52. The fraction of sp³-hybridized carbons (Fsp3) is 0.455. The van der Waals surface area contributed by atoms with Crippen molar-refractivity contribution < 1.29 is 4.39 Å². The highest BCUT2D eigenvalue weighted by Crippen LogP contribution is 2.56. The van der Waals surface area contributed by atoms with Crippen LogP contribution in [0.15, 0.2) is 42.5 Å². The van der Waals surface area contributed by atoms with E-state index in [1.807, 2.05) is 18.2 Å². The van der Waals surface area contributed by atoms with Gasteiger partial charge in [0, 0.05) is 67.0 Å². The second-order valence-electron chi connectivity index (χ2n) is 7.93. The van der Waals surface area contributed by atoms with E-state index in [-0.39, 0.29) is 9.90 Å². The first kappa shape index (κ1) is 20.0. The fourth-order valence-corrected chi connectivity index (χ4v) is 8.62. The van der Waals surface area contributed by atoms with Crippen LogP contribution in [0.3, 0.4) is 0 Å². The summed E-state index contributed by atoms with van der Waals surface area (Å²) in [6.07, 6.45) is 0. The van der Waals surface area contributed by atoms with Crippen molar-refractivity contribution in [3.63, 3.8) is 0 Å². The molecule has 0 N–H and O–H groups in total. The van der Waals surface area contributed by atoms with Crippen LogP contribution in [0.4, 0.5) is 10.1 Å². The monoisotopic (exact) mass is 449 g/mol. The second-order valence-corrected chi connectivity index (χ2v) is 11.4. The highest BCUT2D eigenvalue weighted by Gasteiger charge is 2.45. The molecule has 0 aromatic heterocycles. The molecule has 3 aliphatic heterocycles. The maximum absolute atomic E-state index is 13.2. The zero-order valence-corrected chi connectivity index (χ0v) is 18.7. The smallest absolute Gasteiger partial charge is 0.123 e. The minimum Gasteiger partial charge on any atom is -0.369 e. The maximum Gasteiger partial charge on any atom is 0.123 e. The molecule has 2 saturated heterocycles. The van der Waals surface area contributed by atoms with Crippen LogP contribution in [0.1, 0.15) is 11.1 Å². The summed E-state index contributed by atoms with van der Waals surface area (Å²) in [5, 5.41) is 0.928. The maximum atomic E-state index is 13.2. The van der Waals surface area contributed by atoms with Gasteiger partial charge in [-0.3, -0.25) is 9.80 Å². The minimum atomic E-state index is -0.172. The van der Waals surface area contributed by atoms with Crippen LogP contribution in [0.5, 0.6) is 0 Å². The number of nitrogens with zero attached hydrogens (tertiary/aromatic N) is 3. The van der Waals surface area contributed by atoms with Gasteiger partial charge >= 0.3 is 0 Å². The van der Waals surface area contributed by atoms with Gasteiger partial charge in [-0.2, -0.15) is 0 Å². The van der Waals surface area contributed by atoms with Gasteiger partial charge in [-0.05, 0) is 35.9 Å². The Kier molecular flexibility index (Phi) is 5.73. The summed E-state index contributed by atoms with van der Waals surface area (Å²) in [6, 6.07) is 13.3. The summed E-state index contributed by atoms with van der Waals surface area (Å²) in [4.78, 5) is 7.50. The molecular formula is C22H25ClFN3S2. The predicted molar refractivity (Wildman–Crippen MR) is 124 cm³/mol. The van der Waals surface area contributed by atoms with E-state index in [2.05, 4.69) is 50.4 Å². The number of hydrogen-bond donors (Lipinski definition) is 0. The normalized spacial score (nSPS) is 22.2. The highest BCUT2D eigenvalue weighted by atomic mass is 35.5. The van der Waals surface area contributed by atoms with Crippen molar-refractivity contribution in [2.45, 2.75) is 10.6 Å². The van der Waals surface area contributed by atoms with E-state index in [1.54, 1.807) is 12.1 Å². The van der Waals surface area contributed by atoms with E-state index < -0.39 is 0 Å². The van der Waals surface area contributed by atoms with Gasteiger partial charge < -0.3 is 4.90 Å². The number of benzene rings is 2. The van der Waals surface area contributed by atoms with Gasteiger partial charge in [-0.1, -0.05) is 23.7 Å². The molecular weight excluding hydrogens is 425 g/mol. The lowest BCUT2D eigenvalue weighted by Gasteiger charge is -2.44. The van der Waals surface area contributed by atoms with Crippen LogP contribution < -0.4 is 4.90 Å².